The molecule has 0 bridgehead atoms. The Morgan fingerprint density at radius 2 is 0.931 bits per heavy atom. The molecular formula is C46H69N15O9S2. The molecule has 26 heteroatoms. The van der Waals surface area contributed by atoms with E-state index in [9.17, 15) is 28.8 Å². The van der Waals surface area contributed by atoms with Gasteiger partial charge in [0.25, 0.3) is 11.8 Å². The predicted molar refractivity (Wildman–Crippen MR) is 282 cm³/mol. The predicted octanol–water partition coefficient (Wildman–Crippen LogP) is 1.82. The second-order valence-electron chi connectivity index (χ2n) is 16.4. The van der Waals surface area contributed by atoms with Crippen molar-refractivity contribution in [2.45, 2.75) is 87.5 Å². The van der Waals surface area contributed by atoms with Gasteiger partial charge in [0.2, 0.25) is 11.8 Å². The van der Waals surface area contributed by atoms with E-state index in [1.165, 1.54) is 66.0 Å². The van der Waals surface area contributed by atoms with Gasteiger partial charge >= 0.3 is 11.9 Å². The molecule has 3 rings (SSSR count). The third kappa shape index (κ3) is 19.8. The van der Waals surface area contributed by atoms with Crippen LogP contribution in [0.4, 0.5) is 22.7 Å². The highest BCUT2D eigenvalue weighted by atomic mass is 32.2. The Bertz CT molecular complexity index is 2250. The van der Waals surface area contributed by atoms with Crippen molar-refractivity contribution in [2.75, 3.05) is 72.1 Å². The van der Waals surface area contributed by atoms with Crippen molar-refractivity contribution >= 4 is 93.8 Å². The average Bonchev–Trinajstić information content (AvgIpc) is 3.31. The van der Waals surface area contributed by atoms with Crippen molar-refractivity contribution in [3.63, 3.8) is 0 Å². The molecule has 394 valence electrons. The first kappa shape index (κ1) is 59.6. The number of anilines is 4. The highest BCUT2D eigenvalue weighted by molar-refractivity contribution is 7.99. The van der Waals surface area contributed by atoms with Crippen LogP contribution < -0.4 is 76.8 Å². The zero-order valence-corrected chi connectivity index (χ0v) is 42.5. The topological polar surface area (TPSA) is 432 Å². The molecule has 0 aliphatic heterocycles. The fourth-order valence-corrected chi connectivity index (χ4v) is 8.08. The Morgan fingerprint density at radius 1 is 0.556 bits per heavy atom. The molecule has 0 heterocycles. The van der Waals surface area contributed by atoms with E-state index in [0.717, 1.165) is 0 Å². The lowest BCUT2D eigenvalue weighted by Gasteiger charge is -2.20. The van der Waals surface area contributed by atoms with E-state index < -0.39 is 59.9 Å². The first-order valence-corrected chi connectivity index (χ1v) is 25.0. The molecule has 0 aliphatic rings. The van der Waals surface area contributed by atoms with Gasteiger partial charge in [-0.1, -0.05) is 0 Å². The number of thioether (sulfide) groups is 2. The number of guanidine groups is 2. The number of carbonyl (C=O) groups is 6. The van der Waals surface area contributed by atoms with E-state index in [0.29, 0.717) is 47.2 Å². The molecule has 3 aromatic rings. The van der Waals surface area contributed by atoms with Crippen LogP contribution in [0.1, 0.15) is 94.8 Å². The van der Waals surface area contributed by atoms with Crippen LogP contribution in [0.15, 0.2) is 52.3 Å². The number of hydrogen-bond donors (Lipinski definition) is 15. The molecular weight excluding hydrogens is 971 g/mol. The number of nitrogens with one attached hydrogen (secondary N) is 8. The van der Waals surface area contributed by atoms with Crippen molar-refractivity contribution in [1.29, 1.82) is 10.8 Å². The quantitative estimate of drug-likeness (QED) is 0.0155. The largest absolute Gasteiger partial charge is 0.492 e. The fraction of sp³-hybridized carbons (Fsp3) is 0.435. The van der Waals surface area contributed by atoms with Crippen LogP contribution >= 0.6 is 23.5 Å². The molecule has 2 atom stereocenters. The third-order valence-electron chi connectivity index (χ3n) is 9.58. The highest BCUT2D eigenvalue weighted by Crippen LogP contribution is 2.39. The van der Waals surface area contributed by atoms with Gasteiger partial charge in [0.1, 0.15) is 12.4 Å². The molecule has 3 aromatic carbocycles. The van der Waals surface area contributed by atoms with E-state index in [-0.39, 0.29) is 102 Å². The molecule has 0 spiro atoms. The van der Waals surface area contributed by atoms with Crippen molar-refractivity contribution in [3.8, 4) is 5.75 Å². The summed E-state index contributed by atoms with van der Waals surface area (Å²) in [6.07, 6.45) is 0.204. The van der Waals surface area contributed by atoms with Crippen molar-refractivity contribution in [3.05, 3.63) is 64.7 Å². The van der Waals surface area contributed by atoms with E-state index in [2.05, 4.69) is 31.9 Å². The van der Waals surface area contributed by atoms with Crippen LogP contribution in [0.2, 0.25) is 0 Å². The lowest BCUT2D eigenvalue weighted by atomic mass is 10.1. The maximum atomic E-state index is 14.4. The van der Waals surface area contributed by atoms with E-state index in [4.69, 9.17) is 65.2 Å². The van der Waals surface area contributed by atoms with Crippen LogP contribution in [-0.2, 0) is 19.1 Å². The minimum atomic E-state index is -1.01. The van der Waals surface area contributed by atoms with E-state index in [1.54, 1.807) is 27.7 Å². The van der Waals surface area contributed by atoms with Gasteiger partial charge in [-0.2, -0.15) is 0 Å². The highest BCUT2D eigenvalue weighted by Gasteiger charge is 2.26. The summed E-state index contributed by atoms with van der Waals surface area (Å²) < 4.78 is 16.8. The van der Waals surface area contributed by atoms with Gasteiger partial charge in [-0.05, 0) is 95.8 Å². The molecule has 0 radical (unpaired) electrons. The van der Waals surface area contributed by atoms with Gasteiger partial charge in [0.05, 0.1) is 68.0 Å². The lowest BCUT2D eigenvalue weighted by molar-refractivity contribution is -0.118. The Morgan fingerprint density at radius 3 is 1.26 bits per heavy atom. The number of ether oxygens (including phenoxy) is 3. The third-order valence-corrected chi connectivity index (χ3v) is 11.9. The minimum absolute atomic E-state index is 0.00275. The van der Waals surface area contributed by atoms with Gasteiger partial charge in [0, 0.05) is 55.4 Å². The summed E-state index contributed by atoms with van der Waals surface area (Å²) >= 11 is 2.37. The molecule has 0 saturated carbocycles. The Balaban J connectivity index is 2.15. The number of carbonyl (C=O) groups excluding carboxylic acids is 6. The standard InChI is InChI=1S/C46H69N15O9S2/c1-24(2)69-43(66)28-20-33(37(71-15-10-48)35(22-28)60-41(64)31(50)7-5-12-56-45(52)53)58-39(62)26-17-27(19-30(18-26)68-14-9-47)40(63)59-34-21-29(44(67)70-25(3)4)23-36(38(34)72-16-11-49)61-42(65)32(51)8-6-13-57-46(54)55/h17-25,31-32H,5-16,47-51H2,1-4H3,(H,58,62)(H,59,63)(H,60,64)(H,61,65)(H4,52,53,56)(H4,54,55,57). The molecule has 72 heavy (non-hydrogen) atoms. The van der Waals surface area contributed by atoms with Crippen LogP contribution in [0.3, 0.4) is 0 Å². The minimum Gasteiger partial charge on any atom is -0.492 e. The van der Waals surface area contributed by atoms with Gasteiger partial charge in [-0.3, -0.25) is 30.0 Å². The Hall–Kier alpha value is -6.68. The zero-order chi connectivity index (χ0) is 53.5. The second-order valence-corrected chi connectivity index (χ2v) is 18.6. The first-order chi connectivity index (χ1) is 34.2. The summed E-state index contributed by atoms with van der Waals surface area (Å²) in [5.41, 5.74) is 41.0. The van der Waals surface area contributed by atoms with Crippen molar-refractivity contribution in [2.24, 2.45) is 40.1 Å². The molecule has 2 unspecified atom stereocenters. The van der Waals surface area contributed by atoms with Crippen molar-refractivity contribution < 1.29 is 43.0 Å². The molecule has 0 aromatic heterocycles. The van der Waals surface area contributed by atoms with Crippen LogP contribution in [-0.4, -0.2) is 123 Å². The summed E-state index contributed by atoms with van der Waals surface area (Å²) in [5, 5.41) is 31.2. The summed E-state index contributed by atoms with van der Waals surface area (Å²) in [6.45, 7) is 7.73. The number of amides is 4. The molecule has 22 N–H and O–H groups in total. The van der Waals surface area contributed by atoms with Gasteiger partial charge < -0.3 is 86.2 Å². The smallest absolute Gasteiger partial charge is 0.338 e. The molecule has 0 saturated heterocycles. The summed E-state index contributed by atoms with van der Waals surface area (Å²) in [7, 11) is 0. The second kappa shape index (κ2) is 30.3. The van der Waals surface area contributed by atoms with E-state index >= 15 is 0 Å². The average molecular weight is 1040 g/mol. The summed E-state index contributed by atoms with van der Waals surface area (Å²) in [4.78, 5) is 83.3. The number of nitrogens with two attached hydrogens (primary N) is 7. The maximum absolute atomic E-state index is 14.4. The van der Waals surface area contributed by atoms with E-state index in [1.807, 2.05) is 0 Å². The first-order valence-electron chi connectivity index (χ1n) is 23.0. The molecule has 0 fully saturated rings. The van der Waals surface area contributed by atoms with Gasteiger partial charge in [-0.25, -0.2) is 9.59 Å². The Kier molecular flexibility index (Phi) is 25.1. The monoisotopic (exact) mass is 1040 g/mol. The molecule has 0 aliphatic carbocycles. The number of hydrogen-bond acceptors (Lipinski definition) is 18. The summed E-state index contributed by atoms with van der Waals surface area (Å²) in [5.74, 6) is -3.98. The summed E-state index contributed by atoms with van der Waals surface area (Å²) in [6, 6.07) is 7.62. The maximum Gasteiger partial charge on any atom is 0.338 e. The van der Waals surface area contributed by atoms with Crippen LogP contribution in [0.5, 0.6) is 5.75 Å². The zero-order valence-electron chi connectivity index (χ0n) is 40.9. The normalized spacial score (nSPS) is 11.8. The van der Waals surface area contributed by atoms with Crippen LogP contribution in [0, 0.1) is 10.8 Å². The van der Waals surface area contributed by atoms with Gasteiger partial charge in [-0.15, -0.1) is 23.5 Å². The SMILES string of the molecule is CC(C)OC(=O)c1cc(NC(=O)c2cc(OCCN)cc(C(=O)Nc3cc(C(=O)OC(C)C)cc(NC(=O)C(N)CCCNC(=N)N)c3SCCN)c2)c(SCCN)c(NC(=O)C(N)CCCNC(=N)N)c1. The molecule has 24 nitrogen and oxygen atoms in total. The fourth-order valence-electron chi connectivity index (χ4n) is 6.38. The van der Waals surface area contributed by atoms with Gasteiger partial charge in [0.15, 0.2) is 11.9 Å². The number of rotatable bonds is 29. The number of esters is 2. The lowest BCUT2D eigenvalue weighted by Crippen LogP contribution is -2.37. The van der Waals surface area contributed by atoms with Crippen LogP contribution in [0.25, 0.3) is 0 Å². The Labute approximate surface area is 426 Å². The van der Waals surface area contributed by atoms with Crippen molar-refractivity contribution in [1.82, 2.24) is 10.6 Å². The molecule has 4 amide bonds. The number of benzene rings is 3.